The highest BCUT2D eigenvalue weighted by molar-refractivity contribution is 7.98. The van der Waals surface area contributed by atoms with Crippen LogP contribution in [0.1, 0.15) is 11.1 Å². The molecule has 2 aromatic carbocycles. The third-order valence-electron chi connectivity index (χ3n) is 4.70. The summed E-state index contributed by atoms with van der Waals surface area (Å²) in [5.41, 5.74) is 3.43. The monoisotopic (exact) mass is 385 g/mol. The summed E-state index contributed by atoms with van der Waals surface area (Å²) in [6, 6.07) is 15.9. The van der Waals surface area contributed by atoms with Gasteiger partial charge in [0.25, 0.3) is 0 Å². The van der Waals surface area contributed by atoms with Crippen LogP contribution in [0.3, 0.4) is 0 Å². The minimum absolute atomic E-state index is 0.00266. The van der Waals surface area contributed by atoms with Crippen molar-refractivity contribution < 1.29 is 9.90 Å². The van der Waals surface area contributed by atoms with Gasteiger partial charge in [-0.25, -0.2) is 4.79 Å². The molecule has 0 atom stereocenters. The second kappa shape index (κ2) is 9.55. The van der Waals surface area contributed by atoms with Crippen LogP contribution in [0.15, 0.2) is 48.5 Å². The molecule has 0 spiro atoms. The zero-order chi connectivity index (χ0) is 19.1. The number of anilines is 1. The number of para-hydroxylation sites is 2. The first-order chi connectivity index (χ1) is 13.1. The van der Waals surface area contributed by atoms with Crippen molar-refractivity contribution >= 4 is 23.5 Å². The number of hydrogen-bond donors (Lipinski definition) is 2. The summed E-state index contributed by atoms with van der Waals surface area (Å²) in [7, 11) is 0. The molecule has 27 heavy (non-hydrogen) atoms. The standard InChI is InChI=1S/C21H27N3O2S/c1-17-6-8-18(9-7-17)16-27-15-10-22-21(26)24-13-11-23(12-14-24)19-4-2-3-5-20(19)25/h2-9,25H,10-16H2,1H3,(H,22,26). The van der Waals surface area contributed by atoms with Crippen molar-refractivity contribution in [1.29, 1.82) is 0 Å². The molecule has 2 aromatic rings. The van der Waals surface area contributed by atoms with Crippen LogP contribution in [0.25, 0.3) is 0 Å². The van der Waals surface area contributed by atoms with E-state index in [1.807, 2.05) is 34.9 Å². The van der Waals surface area contributed by atoms with E-state index in [2.05, 4.69) is 41.4 Å². The summed E-state index contributed by atoms with van der Waals surface area (Å²) in [6.45, 7) is 5.55. The third-order valence-corrected chi connectivity index (χ3v) is 5.73. The van der Waals surface area contributed by atoms with Crippen molar-refractivity contribution in [3.05, 3.63) is 59.7 Å². The lowest BCUT2D eigenvalue weighted by molar-refractivity contribution is 0.195. The van der Waals surface area contributed by atoms with Gasteiger partial charge in [-0.2, -0.15) is 11.8 Å². The first-order valence-corrected chi connectivity index (χ1v) is 10.5. The Kier molecular flexibility index (Phi) is 6.87. The lowest BCUT2D eigenvalue weighted by atomic mass is 10.2. The lowest BCUT2D eigenvalue weighted by Gasteiger charge is -2.36. The Labute approximate surface area is 165 Å². The van der Waals surface area contributed by atoms with Gasteiger partial charge >= 0.3 is 6.03 Å². The van der Waals surface area contributed by atoms with Gasteiger partial charge in [0, 0.05) is 44.2 Å². The topological polar surface area (TPSA) is 55.8 Å². The molecule has 1 saturated heterocycles. The van der Waals surface area contributed by atoms with E-state index in [9.17, 15) is 9.90 Å². The van der Waals surface area contributed by atoms with E-state index in [1.54, 1.807) is 6.07 Å². The Balaban J connectivity index is 1.34. The number of benzene rings is 2. The fraction of sp³-hybridized carbons (Fsp3) is 0.381. The predicted octanol–water partition coefficient (Wildman–Crippen LogP) is 3.47. The average Bonchev–Trinajstić information content (AvgIpc) is 2.69. The molecular weight excluding hydrogens is 358 g/mol. The molecule has 0 bridgehead atoms. The van der Waals surface area contributed by atoms with E-state index in [4.69, 9.17) is 0 Å². The molecule has 2 N–H and O–H groups in total. The van der Waals surface area contributed by atoms with Crippen molar-refractivity contribution in [1.82, 2.24) is 10.2 Å². The number of nitrogens with one attached hydrogen (secondary N) is 1. The number of aryl methyl sites for hydroxylation is 1. The smallest absolute Gasteiger partial charge is 0.317 e. The van der Waals surface area contributed by atoms with Crippen LogP contribution in [-0.2, 0) is 5.75 Å². The zero-order valence-corrected chi connectivity index (χ0v) is 16.5. The second-order valence-corrected chi connectivity index (χ2v) is 7.84. The van der Waals surface area contributed by atoms with Crippen molar-refractivity contribution in [2.45, 2.75) is 12.7 Å². The first kappa shape index (κ1) is 19.4. The SMILES string of the molecule is Cc1ccc(CSCCNC(=O)N2CCN(c3ccccc3O)CC2)cc1. The fourth-order valence-electron chi connectivity index (χ4n) is 3.10. The molecule has 2 amide bonds. The minimum Gasteiger partial charge on any atom is -0.506 e. The Morgan fingerprint density at radius 1 is 1.07 bits per heavy atom. The zero-order valence-electron chi connectivity index (χ0n) is 15.7. The number of urea groups is 1. The normalized spacial score (nSPS) is 14.3. The maximum Gasteiger partial charge on any atom is 0.317 e. The number of piperazine rings is 1. The number of phenolic OH excluding ortho intramolecular Hbond substituents is 1. The highest BCUT2D eigenvalue weighted by atomic mass is 32.2. The number of phenols is 1. The summed E-state index contributed by atoms with van der Waals surface area (Å²) in [5.74, 6) is 2.16. The van der Waals surface area contributed by atoms with Gasteiger partial charge in [0.2, 0.25) is 0 Å². The van der Waals surface area contributed by atoms with E-state index in [1.165, 1.54) is 11.1 Å². The van der Waals surface area contributed by atoms with Gasteiger partial charge < -0.3 is 20.2 Å². The number of thioether (sulfide) groups is 1. The summed E-state index contributed by atoms with van der Waals surface area (Å²) in [5, 5.41) is 13.0. The summed E-state index contributed by atoms with van der Waals surface area (Å²) < 4.78 is 0. The van der Waals surface area contributed by atoms with E-state index < -0.39 is 0 Å². The molecule has 3 rings (SSSR count). The van der Waals surface area contributed by atoms with Crippen molar-refractivity contribution in [2.24, 2.45) is 0 Å². The highest BCUT2D eigenvalue weighted by Crippen LogP contribution is 2.27. The number of hydrogen-bond acceptors (Lipinski definition) is 4. The van der Waals surface area contributed by atoms with Crippen LogP contribution < -0.4 is 10.2 Å². The van der Waals surface area contributed by atoms with Gasteiger partial charge in [0.15, 0.2) is 0 Å². The second-order valence-electron chi connectivity index (χ2n) is 6.73. The number of aromatic hydroxyl groups is 1. The molecule has 0 radical (unpaired) electrons. The van der Waals surface area contributed by atoms with Crippen LogP contribution in [-0.4, -0.2) is 54.5 Å². The van der Waals surface area contributed by atoms with E-state index in [0.29, 0.717) is 25.4 Å². The molecular formula is C21H27N3O2S. The van der Waals surface area contributed by atoms with E-state index in [-0.39, 0.29) is 6.03 Å². The van der Waals surface area contributed by atoms with Crippen molar-refractivity contribution in [2.75, 3.05) is 43.4 Å². The Morgan fingerprint density at radius 3 is 2.48 bits per heavy atom. The van der Waals surface area contributed by atoms with Gasteiger partial charge in [-0.15, -0.1) is 0 Å². The molecule has 1 heterocycles. The molecule has 1 aliphatic rings. The third kappa shape index (κ3) is 5.57. The molecule has 0 aliphatic carbocycles. The average molecular weight is 386 g/mol. The number of carbonyl (C=O) groups excluding carboxylic acids is 1. The van der Waals surface area contributed by atoms with Gasteiger partial charge in [-0.3, -0.25) is 0 Å². The highest BCUT2D eigenvalue weighted by Gasteiger charge is 2.22. The molecule has 6 heteroatoms. The Hall–Kier alpha value is -2.34. The van der Waals surface area contributed by atoms with Crippen LogP contribution in [0.2, 0.25) is 0 Å². The Morgan fingerprint density at radius 2 is 1.78 bits per heavy atom. The molecule has 5 nitrogen and oxygen atoms in total. The number of carbonyl (C=O) groups is 1. The maximum absolute atomic E-state index is 12.3. The van der Waals surface area contributed by atoms with Crippen LogP contribution >= 0.6 is 11.8 Å². The van der Waals surface area contributed by atoms with Crippen LogP contribution in [0, 0.1) is 6.92 Å². The van der Waals surface area contributed by atoms with Crippen LogP contribution in [0.4, 0.5) is 10.5 Å². The minimum atomic E-state index is 0.00266. The molecule has 0 aromatic heterocycles. The van der Waals surface area contributed by atoms with Gasteiger partial charge in [-0.1, -0.05) is 42.0 Å². The van der Waals surface area contributed by atoms with Gasteiger partial charge in [0.05, 0.1) is 5.69 Å². The molecule has 0 unspecified atom stereocenters. The van der Waals surface area contributed by atoms with Crippen molar-refractivity contribution in [3.8, 4) is 5.75 Å². The summed E-state index contributed by atoms with van der Waals surface area (Å²) >= 11 is 1.83. The van der Waals surface area contributed by atoms with Gasteiger partial charge in [0.1, 0.15) is 5.75 Å². The fourth-order valence-corrected chi connectivity index (χ4v) is 3.92. The van der Waals surface area contributed by atoms with E-state index in [0.717, 1.165) is 30.3 Å². The number of nitrogens with zero attached hydrogens (tertiary/aromatic N) is 2. The molecule has 1 fully saturated rings. The lowest BCUT2D eigenvalue weighted by Crippen LogP contribution is -2.52. The quantitative estimate of drug-likeness (QED) is 0.748. The molecule has 144 valence electrons. The maximum atomic E-state index is 12.3. The largest absolute Gasteiger partial charge is 0.506 e. The summed E-state index contributed by atoms with van der Waals surface area (Å²) in [4.78, 5) is 16.3. The van der Waals surface area contributed by atoms with Gasteiger partial charge in [-0.05, 0) is 24.6 Å². The van der Waals surface area contributed by atoms with Crippen molar-refractivity contribution in [3.63, 3.8) is 0 Å². The Bertz CT molecular complexity index is 743. The predicted molar refractivity (Wildman–Crippen MR) is 113 cm³/mol. The molecule has 0 saturated carbocycles. The van der Waals surface area contributed by atoms with E-state index >= 15 is 0 Å². The van der Waals surface area contributed by atoms with Crippen LogP contribution in [0.5, 0.6) is 5.75 Å². The number of amides is 2. The number of rotatable bonds is 6. The first-order valence-electron chi connectivity index (χ1n) is 9.32. The molecule has 1 aliphatic heterocycles. The summed E-state index contributed by atoms with van der Waals surface area (Å²) in [6.07, 6.45) is 0.